The van der Waals surface area contributed by atoms with Gasteiger partial charge in [-0.05, 0) is 44.0 Å². The van der Waals surface area contributed by atoms with E-state index in [0.29, 0.717) is 23.6 Å². The van der Waals surface area contributed by atoms with Gasteiger partial charge in [-0.15, -0.1) is 0 Å². The molecule has 2 unspecified atom stereocenters. The maximum Gasteiger partial charge on any atom is 0.326 e. The van der Waals surface area contributed by atoms with Gasteiger partial charge in [0.2, 0.25) is 5.95 Å². The second kappa shape index (κ2) is 8.42. The Morgan fingerprint density at radius 3 is 2.38 bits per heavy atom. The standard InChI is InChI=1S/C19H24N4O3/c1-5-11(2)16(18(25)26)23-17(24)14-7-6-8-15(10-14)22-19-20-12(3)9-13(4)21-19/h6-11,16H,5H2,1-4H3,(H,23,24)(H,25,26)(H,20,21,22). The highest BCUT2D eigenvalue weighted by molar-refractivity contribution is 5.97. The van der Waals surface area contributed by atoms with Crippen LogP contribution in [0.2, 0.25) is 0 Å². The first kappa shape index (κ1) is 19.4. The van der Waals surface area contributed by atoms with E-state index >= 15 is 0 Å². The fourth-order valence-electron chi connectivity index (χ4n) is 2.56. The third-order valence-electron chi connectivity index (χ3n) is 4.13. The summed E-state index contributed by atoms with van der Waals surface area (Å²) in [5, 5.41) is 15.0. The number of rotatable bonds is 7. The molecule has 1 aromatic carbocycles. The molecule has 2 rings (SSSR count). The Morgan fingerprint density at radius 1 is 1.15 bits per heavy atom. The molecule has 26 heavy (non-hydrogen) atoms. The van der Waals surface area contributed by atoms with Gasteiger partial charge in [0.05, 0.1) is 0 Å². The highest BCUT2D eigenvalue weighted by Crippen LogP contribution is 2.16. The molecule has 0 bridgehead atoms. The van der Waals surface area contributed by atoms with Crippen molar-refractivity contribution in [3.05, 3.63) is 47.3 Å². The summed E-state index contributed by atoms with van der Waals surface area (Å²) >= 11 is 0. The highest BCUT2D eigenvalue weighted by Gasteiger charge is 2.25. The molecule has 1 amide bonds. The first-order chi connectivity index (χ1) is 12.3. The number of aromatic nitrogens is 2. The van der Waals surface area contributed by atoms with Crippen LogP contribution in [0, 0.1) is 19.8 Å². The number of benzene rings is 1. The Bertz CT molecular complexity index is 787. The first-order valence-electron chi connectivity index (χ1n) is 8.53. The normalized spacial score (nSPS) is 12.9. The van der Waals surface area contributed by atoms with Gasteiger partial charge in [-0.1, -0.05) is 26.3 Å². The van der Waals surface area contributed by atoms with Crippen molar-refractivity contribution in [2.24, 2.45) is 5.92 Å². The average Bonchev–Trinajstić information content (AvgIpc) is 2.57. The summed E-state index contributed by atoms with van der Waals surface area (Å²) in [6.45, 7) is 7.45. The molecule has 3 N–H and O–H groups in total. The zero-order valence-corrected chi connectivity index (χ0v) is 15.4. The average molecular weight is 356 g/mol. The monoisotopic (exact) mass is 356 g/mol. The number of hydrogen-bond donors (Lipinski definition) is 3. The molecule has 0 radical (unpaired) electrons. The SMILES string of the molecule is CCC(C)C(NC(=O)c1cccc(Nc2nc(C)cc(C)n2)c1)C(=O)O. The van der Waals surface area contributed by atoms with E-state index < -0.39 is 17.9 Å². The summed E-state index contributed by atoms with van der Waals surface area (Å²) in [7, 11) is 0. The van der Waals surface area contributed by atoms with Crippen molar-refractivity contribution in [3.63, 3.8) is 0 Å². The van der Waals surface area contributed by atoms with Gasteiger partial charge >= 0.3 is 5.97 Å². The summed E-state index contributed by atoms with van der Waals surface area (Å²) in [4.78, 5) is 32.5. The molecule has 0 fully saturated rings. The number of carbonyl (C=O) groups is 2. The molecule has 0 aliphatic rings. The van der Waals surface area contributed by atoms with Crippen LogP contribution in [0.15, 0.2) is 30.3 Å². The van der Waals surface area contributed by atoms with Crippen molar-refractivity contribution in [2.75, 3.05) is 5.32 Å². The Hall–Kier alpha value is -2.96. The number of nitrogens with zero attached hydrogens (tertiary/aromatic N) is 2. The van der Waals surface area contributed by atoms with Gasteiger partial charge in [0.15, 0.2) is 0 Å². The lowest BCUT2D eigenvalue weighted by Gasteiger charge is -2.20. The molecule has 0 aliphatic carbocycles. The smallest absolute Gasteiger partial charge is 0.326 e. The van der Waals surface area contributed by atoms with Crippen molar-refractivity contribution in [1.29, 1.82) is 0 Å². The maximum atomic E-state index is 12.5. The lowest BCUT2D eigenvalue weighted by atomic mass is 9.99. The number of carboxylic acids is 1. The minimum Gasteiger partial charge on any atom is -0.480 e. The van der Waals surface area contributed by atoms with E-state index in [1.807, 2.05) is 26.8 Å². The second-order valence-electron chi connectivity index (χ2n) is 6.36. The number of carbonyl (C=O) groups excluding carboxylic acids is 1. The maximum absolute atomic E-state index is 12.5. The Morgan fingerprint density at radius 2 is 1.81 bits per heavy atom. The molecule has 2 atom stereocenters. The van der Waals surface area contributed by atoms with E-state index in [2.05, 4.69) is 20.6 Å². The van der Waals surface area contributed by atoms with Crippen LogP contribution in [-0.4, -0.2) is 33.0 Å². The van der Waals surface area contributed by atoms with Crippen LogP contribution in [0.4, 0.5) is 11.6 Å². The van der Waals surface area contributed by atoms with Crippen LogP contribution in [0.25, 0.3) is 0 Å². The summed E-state index contributed by atoms with van der Waals surface area (Å²) < 4.78 is 0. The topological polar surface area (TPSA) is 104 Å². The van der Waals surface area contributed by atoms with Gasteiger partial charge in [0, 0.05) is 22.6 Å². The number of anilines is 2. The van der Waals surface area contributed by atoms with E-state index in [0.717, 1.165) is 11.4 Å². The summed E-state index contributed by atoms with van der Waals surface area (Å²) in [5.41, 5.74) is 2.70. The molecule has 138 valence electrons. The number of hydrogen-bond acceptors (Lipinski definition) is 5. The van der Waals surface area contributed by atoms with Gasteiger partial charge in [-0.25, -0.2) is 14.8 Å². The molecule has 0 aliphatic heterocycles. The summed E-state index contributed by atoms with van der Waals surface area (Å²) in [6, 6.07) is 7.74. The fourth-order valence-corrected chi connectivity index (χ4v) is 2.56. The van der Waals surface area contributed by atoms with Gasteiger partial charge in [0.1, 0.15) is 6.04 Å². The van der Waals surface area contributed by atoms with E-state index in [9.17, 15) is 14.7 Å². The molecular formula is C19H24N4O3. The molecule has 0 saturated heterocycles. The predicted molar refractivity (Wildman–Crippen MR) is 99.6 cm³/mol. The second-order valence-corrected chi connectivity index (χ2v) is 6.36. The highest BCUT2D eigenvalue weighted by atomic mass is 16.4. The Balaban J connectivity index is 2.17. The molecule has 0 spiro atoms. The van der Waals surface area contributed by atoms with Crippen LogP contribution in [-0.2, 0) is 4.79 Å². The molecule has 0 saturated carbocycles. The zero-order chi connectivity index (χ0) is 19.3. The minimum absolute atomic E-state index is 0.165. The van der Waals surface area contributed by atoms with E-state index in [1.165, 1.54) is 0 Å². The largest absolute Gasteiger partial charge is 0.480 e. The molecule has 1 heterocycles. The van der Waals surface area contributed by atoms with E-state index in [1.54, 1.807) is 31.2 Å². The fraction of sp³-hybridized carbons (Fsp3) is 0.368. The van der Waals surface area contributed by atoms with E-state index in [-0.39, 0.29) is 5.92 Å². The van der Waals surface area contributed by atoms with Gasteiger partial charge in [0.25, 0.3) is 5.91 Å². The van der Waals surface area contributed by atoms with Crippen LogP contribution < -0.4 is 10.6 Å². The van der Waals surface area contributed by atoms with Crippen molar-refractivity contribution in [1.82, 2.24) is 15.3 Å². The van der Waals surface area contributed by atoms with Crippen molar-refractivity contribution >= 4 is 23.5 Å². The Labute approximate surface area is 152 Å². The number of nitrogens with one attached hydrogen (secondary N) is 2. The number of aliphatic carboxylic acids is 1. The molecular weight excluding hydrogens is 332 g/mol. The van der Waals surface area contributed by atoms with Crippen LogP contribution >= 0.6 is 0 Å². The van der Waals surface area contributed by atoms with Gasteiger partial charge in [-0.3, -0.25) is 4.79 Å². The third-order valence-corrected chi connectivity index (χ3v) is 4.13. The predicted octanol–water partition coefficient (Wildman–Crippen LogP) is 3.07. The van der Waals surface area contributed by atoms with Crippen LogP contribution in [0.1, 0.15) is 42.0 Å². The number of amides is 1. The lowest BCUT2D eigenvalue weighted by molar-refractivity contribution is -0.140. The van der Waals surface area contributed by atoms with Crippen molar-refractivity contribution in [3.8, 4) is 0 Å². The van der Waals surface area contributed by atoms with Crippen molar-refractivity contribution < 1.29 is 14.7 Å². The number of carboxylic acid groups (broad SMARTS) is 1. The van der Waals surface area contributed by atoms with Gasteiger partial charge in [-0.2, -0.15) is 0 Å². The zero-order valence-electron chi connectivity index (χ0n) is 15.4. The number of aryl methyl sites for hydroxylation is 2. The van der Waals surface area contributed by atoms with Gasteiger partial charge < -0.3 is 15.7 Å². The first-order valence-corrected chi connectivity index (χ1v) is 8.53. The molecule has 2 aromatic rings. The minimum atomic E-state index is -1.04. The molecule has 7 nitrogen and oxygen atoms in total. The van der Waals surface area contributed by atoms with Crippen molar-refractivity contribution in [2.45, 2.75) is 40.2 Å². The Kier molecular flexibility index (Phi) is 6.27. The lowest BCUT2D eigenvalue weighted by Crippen LogP contribution is -2.45. The summed E-state index contributed by atoms with van der Waals surface area (Å²) in [6.07, 6.45) is 0.656. The third kappa shape index (κ3) is 5.02. The molecule has 7 heteroatoms. The van der Waals surface area contributed by atoms with E-state index in [4.69, 9.17) is 0 Å². The van der Waals surface area contributed by atoms with Crippen LogP contribution in [0.5, 0.6) is 0 Å². The molecule has 1 aromatic heterocycles. The quantitative estimate of drug-likeness (QED) is 0.704. The summed E-state index contributed by atoms with van der Waals surface area (Å²) in [5.74, 6) is -1.18. The van der Waals surface area contributed by atoms with Crippen LogP contribution in [0.3, 0.4) is 0 Å².